The number of hydrogen-bond donors (Lipinski definition) is 1. The average Bonchev–Trinajstić information content (AvgIpc) is 2.48. The lowest BCUT2D eigenvalue weighted by Gasteiger charge is -2.26. The van der Waals surface area contributed by atoms with E-state index in [4.69, 9.17) is 0 Å². The van der Waals surface area contributed by atoms with Gasteiger partial charge in [-0.3, -0.25) is 4.79 Å². The van der Waals surface area contributed by atoms with Crippen LogP contribution in [0.1, 0.15) is 28.9 Å². The number of phenols is 1. The third-order valence-electron chi connectivity index (χ3n) is 3.45. The van der Waals surface area contributed by atoms with Crippen LogP contribution >= 0.6 is 38.5 Å². The normalized spacial score (nSPS) is 12.0. The Labute approximate surface area is 146 Å². The molecule has 0 saturated heterocycles. The Morgan fingerprint density at radius 3 is 2.62 bits per heavy atom. The molecule has 21 heavy (non-hydrogen) atoms. The lowest BCUT2D eigenvalue weighted by Crippen LogP contribution is -2.30. The highest BCUT2D eigenvalue weighted by atomic mass is 127. The Kier molecular flexibility index (Phi) is 5.27. The zero-order valence-corrected chi connectivity index (χ0v) is 15.4. The third-order valence-corrected chi connectivity index (χ3v) is 4.88. The summed E-state index contributed by atoms with van der Waals surface area (Å²) in [6.07, 6.45) is 0. The van der Waals surface area contributed by atoms with E-state index < -0.39 is 0 Å². The van der Waals surface area contributed by atoms with Crippen molar-refractivity contribution in [3.8, 4) is 5.75 Å². The van der Waals surface area contributed by atoms with Crippen LogP contribution in [0.25, 0.3) is 0 Å². The van der Waals surface area contributed by atoms with Crippen LogP contribution in [-0.2, 0) is 0 Å². The fourth-order valence-corrected chi connectivity index (χ4v) is 3.00. The molecule has 1 N–H and O–H groups in total. The Bertz CT molecular complexity index is 675. The van der Waals surface area contributed by atoms with Crippen molar-refractivity contribution < 1.29 is 9.90 Å². The van der Waals surface area contributed by atoms with Gasteiger partial charge in [0.2, 0.25) is 0 Å². The molecule has 0 fully saturated rings. The Balaban J connectivity index is 2.31. The van der Waals surface area contributed by atoms with Crippen molar-refractivity contribution in [3.63, 3.8) is 0 Å². The van der Waals surface area contributed by atoms with Gasteiger partial charge in [-0.15, -0.1) is 0 Å². The van der Waals surface area contributed by atoms with Gasteiger partial charge in [-0.05, 0) is 53.8 Å². The van der Waals surface area contributed by atoms with Gasteiger partial charge in [0.05, 0.1) is 11.6 Å². The van der Waals surface area contributed by atoms with Crippen molar-refractivity contribution in [2.45, 2.75) is 13.0 Å². The first-order chi connectivity index (χ1) is 9.91. The number of aromatic hydroxyl groups is 1. The molecule has 0 aliphatic carbocycles. The van der Waals surface area contributed by atoms with Crippen molar-refractivity contribution in [1.29, 1.82) is 0 Å². The van der Waals surface area contributed by atoms with Crippen molar-refractivity contribution >= 4 is 44.4 Å². The minimum absolute atomic E-state index is 0.0727. The van der Waals surface area contributed by atoms with Gasteiger partial charge in [-0.2, -0.15) is 0 Å². The molecule has 0 radical (unpaired) electrons. The van der Waals surface area contributed by atoms with Crippen molar-refractivity contribution in [3.05, 3.63) is 61.6 Å². The first-order valence-corrected chi connectivity index (χ1v) is 8.29. The molecule has 0 aromatic heterocycles. The molecule has 0 bridgehead atoms. The maximum absolute atomic E-state index is 12.7. The maximum Gasteiger partial charge on any atom is 0.255 e. The van der Waals surface area contributed by atoms with Crippen LogP contribution in [0.5, 0.6) is 5.75 Å². The molecule has 0 spiro atoms. The summed E-state index contributed by atoms with van der Waals surface area (Å²) < 4.78 is 1.77. The van der Waals surface area contributed by atoms with Gasteiger partial charge in [0, 0.05) is 20.7 Å². The number of nitrogens with zero attached hydrogens (tertiary/aromatic N) is 1. The fourth-order valence-electron chi connectivity index (χ4n) is 2.08. The van der Waals surface area contributed by atoms with E-state index in [1.165, 1.54) is 0 Å². The summed E-state index contributed by atoms with van der Waals surface area (Å²) in [6.45, 7) is 1.90. The van der Waals surface area contributed by atoms with Crippen LogP contribution < -0.4 is 0 Å². The third kappa shape index (κ3) is 3.58. The second kappa shape index (κ2) is 6.79. The van der Waals surface area contributed by atoms with Crippen LogP contribution in [-0.4, -0.2) is 23.0 Å². The van der Waals surface area contributed by atoms with Gasteiger partial charge in [-0.1, -0.05) is 34.1 Å². The van der Waals surface area contributed by atoms with E-state index >= 15 is 0 Å². The van der Waals surface area contributed by atoms with Gasteiger partial charge in [0.15, 0.2) is 0 Å². The number of rotatable bonds is 3. The van der Waals surface area contributed by atoms with Crippen molar-refractivity contribution in [2.24, 2.45) is 0 Å². The first kappa shape index (κ1) is 16.3. The number of carbonyl (C=O) groups is 1. The van der Waals surface area contributed by atoms with E-state index in [0.29, 0.717) is 5.56 Å². The molecule has 1 unspecified atom stereocenters. The topological polar surface area (TPSA) is 40.5 Å². The molecule has 2 aromatic rings. The molecule has 0 saturated carbocycles. The molecule has 5 heteroatoms. The Morgan fingerprint density at radius 2 is 1.95 bits per heavy atom. The molecule has 1 amide bonds. The lowest BCUT2D eigenvalue weighted by atomic mass is 10.1. The molecule has 2 aromatic carbocycles. The molecule has 1 atom stereocenters. The summed E-state index contributed by atoms with van der Waals surface area (Å²) in [6, 6.07) is 12.5. The van der Waals surface area contributed by atoms with E-state index in [-0.39, 0.29) is 17.7 Å². The summed E-state index contributed by atoms with van der Waals surface area (Å²) in [5.41, 5.74) is 1.38. The van der Waals surface area contributed by atoms with Crippen LogP contribution in [0.15, 0.2) is 46.9 Å². The Morgan fingerprint density at radius 1 is 1.29 bits per heavy atom. The van der Waals surface area contributed by atoms with E-state index in [1.54, 1.807) is 24.1 Å². The Hall–Kier alpha value is -1.08. The number of halogens is 2. The number of carbonyl (C=O) groups excluding carboxylic acids is 1. The molecule has 0 aliphatic heterocycles. The van der Waals surface area contributed by atoms with Crippen LogP contribution in [0.4, 0.5) is 0 Å². The largest absolute Gasteiger partial charge is 0.508 e. The molecular formula is C16H15BrINO2. The van der Waals surface area contributed by atoms with Crippen LogP contribution in [0.3, 0.4) is 0 Å². The maximum atomic E-state index is 12.7. The number of amides is 1. The number of phenolic OH excluding ortho intramolecular Hbond substituents is 1. The standard InChI is InChI=1S/C16H15BrINO2/c1-10(12-5-3-4-6-15(12)20)19(2)16(21)13-9-11(17)7-8-14(13)18/h3-10,20H,1-2H3. The second-order valence-electron chi connectivity index (χ2n) is 4.78. The summed E-state index contributed by atoms with van der Waals surface area (Å²) in [4.78, 5) is 14.3. The lowest BCUT2D eigenvalue weighted by molar-refractivity contribution is 0.0740. The van der Waals surface area contributed by atoms with Gasteiger partial charge in [0.25, 0.3) is 5.91 Å². The van der Waals surface area contributed by atoms with Crippen LogP contribution in [0.2, 0.25) is 0 Å². The van der Waals surface area contributed by atoms with Gasteiger partial charge in [-0.25, -0.2) is 0 Å². The fraction of sp³-hybridized carbons (Fsp3) is 0.188. The first-order valence-electron chi connectivity index (χ1n) is 6.42. The van der Waals surface area contributed by atoms with Crippen LogP contribution in [0, 0.1) is 3.57 Å². The van der Waals surface area contributed by atoms with Crippen molar-refractivity contribution in [1.82, 2.24) is 4.90 Å². The van der Waals surface area contributed by atoms with E-state index in [2.05, 4.69) is 38.5 Å². The second-order valence-corrected chi connectivity index (χ2v) is 6.85. The monoisotopic (exact) mass is 459 g/mol. The molecule has 0 heterocycles. The van der Waals surface area contributed by atoms with Gasteiger partial charge < -0.3 is 10.0 Å². The summed E-state index contributed by atoms with van der Waals surface area (Å²) in [5, 5.41) is 9.93. The van der Waals surface area contributed by atoms with Gasteiger partial charge in [0.1, 0.15) is 5.75 Å². The number of hydrogen-bond acceptors (Lipinski definition) is 2. The molecule has 110 valence electrons. The molecule has 3 nitrogen and oxygen atoms in total. The molecule has 2 rings (SSSR count). The predicted molar refractivity (Wildman–Crippen MR) is 95.5 cm³/mol. The zero-order chi connectivity index (χ0) is 15.6. The minimum atomic E-state index is -0.214. The highest BCUT2D eigenvalue weighted by Crippen LogP contribution is 2.29. The smallest absolute Gasteiger partial charge is 0.255 e. The SMILES string of the molecule is CC(c1ccccc1O)N(C)C(=O)c1cc(Br)ccc1I. The minimum Gasteiger partial charge on any atom is -0.508 e. The predicted octanol–water partition coefficient (Wildman–Crippen LogP) is 4.59. The number of benzene rings is 2. The molecule has 0 aliphatic rings. The summed E-state index contributed by atoms with van der Waals surface area (Å²) in [5.74, 6) is 0.130. The quantitative estimate of drug-likeness (QED) is 0.682. The highest BCUT2D eigenvalue weighted by Gasteiger charge is 2.22. The highest BCUT2D eigenvalue weighted by molar-refractivity contribution is 14.1. The average molecular weight is 460 g/mol. The molecular weight excluding hydrogens is 445 g/mol. The van der Waals surface area contributed by atoms with E-state index in [0.717, 1.165) is 13.6 Å². The van der Waals surface area contributed by atoms with Gasteiger partial charge >= 0.3 is 0 Å². The summed E-state index contributed by atoms with van der Waals surface area (Å²) >= 11 is 5.55. The van der Waals surface area contributed by atoms with E-state index in [9.17, 15) is 9.90 Å². The van der Waals surface area contributed by atoms with Crippen molar-refractivity contribution in [2.75, 3.05) is 7.05 Å². The zero-order valence-electron chi connectivity index (χ0n) is 11.7. The number of para-hydroxylation sites is 1. The van der Waals surface area contributed by atoms with E-state index in [1.807, 2.05) is 37.3 Å². The summed E-state index contributed by atoms with van der Waals surface area (Å²) in [7, 11) is 1.75.